The molecular weight excluding hydrogens is 401 g/mol. The molecule has 0 atom stereocenters. The van der Waals surface area contributed by atoms with Crippen LogP contribution < -0.4 is 5.32 Å². The van der Waals surface area contributed by atoms with E-state index in [1.54, 1.807) is 18.3 Å². The summed E-state index contributed by atoms with van der Waals surface area (Å²) in [6, 6.07) is 6.96. The van der Waals surface area contributed by atoms with Crippen molar-refractivity contribution in [2.45, 2.75) is 11.8 Å². The Kier molecular flexibility index (Phi) is 5.68. The molecule has 1 aromatic heterocycles. The van der Waals surface area contributed by atoms with E-state index < -0.39 is 33.2 Å². The predicted octanol–water partition coefficient (Wildman–Crippen LogP) is 2.55. The number of anilines is 1. The molecule has 1 aromatic carbocycles. The number of halogens is 2. The molecule has 0 bridgehead atoms. The molecule has 6 nitrogen and oxygen atoms in total. The molecule has 0 fully saturated rings. The van der Waals surface area contributed by atoms with Crippen LogP contribution in [0.15, 0.2) is 45.9 Å². The third-order valence-corrected chi connectivity index (χ3v) is 5.44. The summed E-state index contributed by atoms with van der Waals surface area (Å²) in [4.78, 5) is 15.5. The van der Waals surface area contributed by atoms with E-state index in [2.05, 4.69) is 26.2 Å². The fraction of sp³-hybridized carbons (Fsp3) is 0.200. The van der Waals surface area contributed by atoms with E-state index >= 15 is 0 Å². The van der Waals surface area contributed by atoms with Gasteiger partial charge in [-0.05, 0) is 36.8 Å². The summed E-state index contributed by atoms with van der Waals surface area (Å²) in [6.45, 7) is 1.38. The quantitative estimate of drug-likeness (QED) is 0.813. The zero-order chi connectivity index (χ0) is 17.9. The number of aromatic nitrogens is 1. The zero-order valence-electron chi connectivity index (χ0n) is 13.0. The first-order chi connectivity index (χ1) is 11.2. The second-order valence-electron chi connectivity index (χ2n) is 5.10. The Bertz CT molecular complexity index is 857. The average molecular weight is 416 g/mol. The second kappa shape index (κ2) is 7.37. The Morgan fingerprint density at radius 2 is 2.04 bits per heavy atom. The molecule has 1 N–H and O–H groups in total. The number of carbonyl (C=O) groups is 1. The smallest absolute Gasteiger partial charge is 0.246 e. The Labute approximate surface area is 147 Å². The maximum absolute atomic E-state index is 13.8. The fourth-order valence-electron chi connectivity index (χ4n) is 1.85. The highest BCUT2D eigenvalue weighted by atomic mass is 79.9. The first kappa shape index (κ1) is 18.5. The number of aryl methyl sites for hydroxylation is 1. The first-order valence-corrected chi connectivity index (χ1v) is 9.07. The summed E-state index contributed by atoms with van der Waals surface area (Å²) in [5.74, 6) is -1.15. The van der Waals surface area contributed by atoms with E-state index in [0.717, 1.165) is 22.0 Å². The number of hydrogen-bond acceptors (Lipinski definition) is 4. The Balaban J connectivity index is 2.12. The van der Waals surface area contributed by atoms with Gasteiger partial charge in [-0.25, -0.2) is 17.8 Å². The van der Waals surface area contributed by atoms with Crippen molar-refractivity contribution in [2.75, 3.05) is 18.9 Å². The van der Waals surface area contributed by atoms with Crippen LogP contribution in [0, 0.1) is 12.7 Å². The van der Waals surface area contributed by atoms with Crippen LogP contribution in [0.2, 0.25) is 0 Å². The first-order valence-electron chi connectivity index (χ1n) is 6.84. The van der Waals surface area contributed by atoms with Crippen molar-refractivity contribution in [1.82, 2.24) is 9.29 Å². The van der Waals surface area contributed by atoms with Crippen LogP contribution >= 0.6 is 15.9 Å². The Morgan fingerprint density at radius 3 is 2.67 bits per heavy atom. The van der Waals surface area contributed by atoms with Crippen molar-refractivity contribution < 1.29 is 17.6 Å². The molecule has 128 valence electrons. The molecule has 0 radical (unpaired) electrons. The summed E-state index contributed by atoms with van der Waals surface area (Å²) in [7, 11) is -2.93. The van der Waals surface area contributed by atoms with Crippen LogP contribution in [0.25, 0.3) is 0 Å². The van der Waals surface area contributed by atoms with E-state index in [-0.39, 0.29) is 0 Å². The second-order valence-corrected chi connectivity index (χ2v) is 8.03. The maximum Gasteiger partial charge on any atom is 0.246 e. The lowest BCUT2D eigenvalue weighted by molar-refractivity contribution is -0.116. The number of nitrogens with one attached hydrogen (secondary N) is 1. The highest BCUT2D eigenvalue weighted by molar-refractivity contribution is 9.10. The predicted molar refractivity (Wildman–Crippen MR) is 91.5 cm³/mol. The molecule has 0 saturated carbocycles. The largest absolute Gasteiger partial charge is 0.310 e. The maximum atomic E-state index is 13.8. The number of pyridine rings is 1. The molecule has 2 aromatic rings. The molecule has 2 rings (SSSR count). The van der Waals surface area contributed by atoms with E-state index in [0.29, 0.717) is 10.3 Å². The van der Waals surface area contributed by atoms with Crippen LogP contribution in [0.1, 0.15) is 5.56 Å². The van der Waals surface area contributed by atoms with E-state index in [1.807, 2.05) is 6.92 Å². The minimum atomic E-state index is -4.14. The van der Waals surface area contributed by atoms with Gasteiger partial charge in [-0.15, -0.1) is 0 Å². The molecule has 1 amide bonds. The molecule has 0 aliphatic rings. The van der Waals surface area contributed by atoms with Crippen molar-refractivity contribution in [3.63, 3.8) is 0 Å². The molecule has 0 aliphatic heterocycles. The molecule has 1 heterocycles. The zero-order valence-corrected chi connectivity index (χ0v) is 15.4. The molecule has 0 aliphatic carbocycles. The summed E-state index contributed by atoms with van der Waals surface area (Å²) in [6.07, 6.45) is 1.58. The number of amides is 1. The van der Waals surface area contributed by atoms with Gasteiger partial charge in [0.05, 0.1) is 6.54 Å². The number of carbonyl (C=O) groups excluding carboxylic acids is 1. The van der Waals surface area contributed by atoms with Gasteiger partial charge in [0.15, 0.2) is 0 Å². The van der Waals surface area contributed by atoms with E-state index in [9.17, 15) is 17.6 Å². The van der Waals surface area contributed by atoms with Gasteiger partial charge in [0.1, 0.15) is 16.5 Å². The lowest BCUT2D eigenvalue weighted by Gasteiger charge is -2.17. The lowest BCUT2D eigenvalue weighted by Crippen LogP contribution is -2.35. The molecule has 0 spiro atoms. The Hall–Kier alpha value is -1.84. The summed E-state index contributed by atoms with van der Waals surface area (Å²) in [5, 5.41) is 2.49. The average Bonchev–Trinajstić information content (AvgIpc) is 2.51. The highest BCUT2D eigenvalue weighted by Gasteiger charge is 2.26. The van der Waals surface area contributed by atoms with Crippen LogP contribution in [-0.2, 0) is 14.8 Å². The van der Waals surface area contributed by atoms with Crippen LogP contribution in [-0.4, -0.2) is 37.2 Å². The number of hydrogen-bond donors (Lipinski definition) is 1. The summed E-state index contributed by atoms with van der Waals surface area (Å²) in [5.41, 5.74) is 0.929. The van der Waals surface area contributed by atoms with Gasteiger partial charge >= 0.3 is 0 Å². The van der Waals surface area contributed by atoms with Crippen molar-refractivity contribution in [2.24, 2.45) is 0 Å². The third-order valence-electron chi connectivity index (χ3n) is 3.13. The van der Waals surface area contributed by atoms with Gasteiger partial charge in [-0.2, -0.15) is 4.31 Å². The van der Waals surface area contributed by atoms with Crippen LogP contribution in [0.4, 0.5) is 10.2 Å². The molecular formula is C15H15BrFN3O3S. The van der Waals surface area contributed by atoms with Crippen molar-refractivity contribution >= 4 is 37.7 Å². The topological polar surface area (TPSA) is 79.4 Å². The van der Waals surface area contributed by atoms with Gasteiger partial charge in [0.25, 0.3) is 0 Å². The lowest BCUT2D eigenvalue weighted by atomic mass is 10.3. The number of benzene rings is 1. The number of sulfonamides is 1. The monoisotopic (exact) mass is 415 g/mol. The van der Waals surface area contributed by atoms with Crippen molar-refractivity contribution in [3.05, 3.63) is 52.4 Å². The SMILES string of the molecule is Cc1ccc(NC(=O)CN(C)S(=O)(=O)c2cc(Br)ccc2F)nc1. The van der Waals surface area contributed by atoms with Gasteiger partial charge in [-0.3, -0.25) is 4.79 Å². The summed E-state index contributed by atoms with van der Waals surface area (Å²) < 4.78 is 39.8. The van der Waals surface area contributed by atoms with Gasteiger partial charge < -0.3 is 5.32 Å². The third kappa shape index (κ3) is 4.37. The van der Waals surface area contributed by atoms with Crippen LogP contribution in [0.5, 0.6) is 0 Å². The van der Waals surface area contributed by atoms with Gasteiger partial charge in [-0.1, -0.05) is 22.0 Å². The van der Waals surface area contributed by atoms with Crippen molar-refractivity contribution in [1.29, 1.82) is 0 Å². The fourth-order valence-corrected chi connectivity index (χ4v) is 3.58. The molecule has 9 heteroatoms. The minimum absolute atomic E-state index is 0.310. The number of likely N-dealkylation sites (N-methyl/N-ethyl adjacent to an activating group) is 1. The molecule has 0 unspecified atom stereocenters. The van der Waals surface area contributed by atoms with E-state index in [1.165, 1.54) is 13.1 Å². The number of nitrogens with zero attached hydrogens (tertiary/aromatic N) is 2. The highest BCUT2D eigenvalue weighted by Crippen LogP contribution is 2.22. The number of rotatable bonds is 5. The Morgan fingerprint density at radius 1 is 1.33 bits per heavy atom. The standard InChI is InChI=1S/C15H15BrFN3O3S/c1-10-3-6-14(18-8-10)19-15(21)9-20(2)24(22,23)13-7-11(16)4-5-12(13)17/h3-8H,9H2,1-2H3,(H,18,19,21). The molecule has 0 saturated heterocycles. The molecule has 24 heavy (non-hydrogen) atoms. The van der Waals surface area contributed by atoms with Gasteiger partial charge in [0.2, 0.25) is 15.9 Å². The summed E-state index contributed by atoms with van der Waals surface area (Å²) >= 11 is 3.10. The van der Waals surface area contributed by atoms with E-state index in [4.69, 9.17) is 0 Å². The van der Waals surface area contributed by atoms with Crippen LogP contribution in [0.3, 0.4) is 0 Å². The normalized spacial score (nSPS) is 11.5. The minimum Gasteiger partial charge on any atom is -0.310 e. The van der Waals surface area contributed by atoms with Crippen molar-refractivity contribution in [3.8, 4) is 0 Å². The van der Waals surface area contributed by atoms with Gasteiger partial charge in [0, 0.05) is 17.7 Å².